The molecule has 0 fully saturated rings. The van der Waals surface area contributed by atoms with Crippen molar-refractivity contribution in [1.82, 2.24) is 4.98 Å². The molecule has 0 bridgehead atoms. The van der Waals surface area contributed by atoms with Gasteiger partial charge in [0.05, 0.1) is 5.71 Å². The van der Waals surface area contributed by atoms with Gasteiger partial charge in [0.25, 0.3) is 0 Å². The Hall–Kier alpha value is -2.52. The van der Waals surface area contributed by atoms with Crippen molar-refractivity contribution in [3.05, 3.63) is 101 Å². The quantitative estimate of drug-likeness (QED) is 0.447. The van der Waals surface area contributed by atoms with E-state index in [9.17, 15) is 0 Å². The van der Waals surface area contributed by atoms with Crippen molar-refractivity contribution in [2.45, 2.75) is 12.5 Å². The summed E-state index contributed by atoms with van der Waals surface area (Å²) in [4.78, 5) is 9.48. The predicted molar refractivity (Wildman–Crippen MR) is 98.2 cm³/mol. The molecule has 2 nitrogen and oxygen atoms in total. The molecule has 2 aromatic carbocycles. The SMILES string of the molecule is C=CC[C@H](N=C(c1ccccc1)c1ccccc1)c1nccs1. The van der Waals surface area contributed by atoms with Crippen LogP contribution in [-0.4, -0.2) is 10.7 Å². The zero-order chi connectivity index (χ0) is 15.9. The molecule has 114 valence electrons. The second kappa shape index (κ2) is 7.65. The molecule has 1 atom stereocenters. The molecule has 23 heavy (non-hydrogen) atoms. The summed E-state index contributed by atoms with van der Waals surface area (Å²) < 4.78 is 0. The first-order valence-electron chi connectivity index (χ1n) is 7.57. The summed E-state index contributed by atoms with van der Waals surface area (Å²) >= 11 is 1.64. The van der Waals surface area contributed by atoms with Crippen molar-refractivity contribution in [3.8, 4) is 0 Å². The van der Waals surface area contributed by atoms with Crippen LogP contribution >= 0.6 is 11.3 Å². The minimum absolute atomic E-state index is 0.00270. The van der Waals surface area contributed by atoms with Crippen LogP contribution in [0.2, 0.25) is 0 Å². The Morgan fingerprint density at radius 3 is 2.13 bits per heavy atom. The van der Waals surface area contributed by atoms with Gasteiger partial charge in [-0.1, -0.05) is 66.7 Å². The summed E-state index contributed by atoms with van der Waals surface area (Å²) in [6, 6.07) is 20.6. The minimum Gasteiger partial charge on any atom is -0.273 e. The van der Waals surface area contributed by atoms with E-state index in [1.165, 1.54) is 0 Å². The molecule has 3 aromatic rings. The van der Waals surface area contributed by atoms with E-state index in [0.29, 0.717) is 0 Å². The highest BCUT2D eigenvalue weighted by Crippen LogP contribution is 2.26. The number of aliphatic imine (C=N–C) groups is 1. The fraction of sp³-hybridized carbons (Fsp3) is 0.100. The van der Waals surface area contributed by atoms with Gasteiger partial charge in [-0.3, -0.25) is 4.99 Å². The van der Waals surface area contributed by atoms with E-state index in [-0.39, 0.29) is 6.04 Å². The highest BCUT2D eigenvalue weighted by Gasteiger charge is 2.14. The third kappa shape index (κ3) is 3.82. The number of rotatable bonds is 6. The molecule has 0 spiro atoms. The molecule has 0 radical (unpaired) electrons. The molecule has 1 aromatic heterocycles. The lowest BCUT2D eigenvalue weighted by molar-refractivity contribution is 0.737. The van der Waals surface area contributed by atoms with Gasteiger partial charge in [0.1, 0.15) is 11.0 Å². The van der Waals surface area contributed by atoms with Crippen molar-refractivity contribution < 1.29 is 0 Å². The fourth-order valence-electron chi connectivity index (χ4n) is 2.43. The predicted octanol–water partition coefficient (Wildman–Crippen LogP) is 5.30. The lowest BCUT2D eigenvalue weighted by Crippen LogP contribution is -2.07. The van der Waals surface area contributed by atoms with Gasteiger partial charge in [-0.25, -0.2) is 4.98 Å². The highest BCUT2D eigenvalue weighted by molar-refractivity contribution is 7.09. The molecular weight excluding hydrogens is 300 g/mol. The number of aromatic nitrogens is 1. The lowest BCUT2D eigenvalue weighted by Gasteiger charge is -2.13. The smallest absolute Gasteiger partial charge is 0.117 e. The zero-order valence-corrected chi connectivity index (χ0v) is 13.6. The second-order valence-corrected chi connectivity index (χ2v) is 6.05. The second-order valence-electron chi connectivity index (χ2n) is 5.12. The van der Waals surface area contributed by atoms with E-state index in [4.69, 9.17) is 4.99 Å². The van der Waals surface area contributed by atoms with Crippen LogP contribution in [0.5, 0.6) is 0 Å². The van der Waals surface area contributed by atoms with Crippen LogP contribution < -0.4 is 0 Å². The van der Waals surface area contributed by atoms with E-state index in [2.05, 4.69) is 35.8 Å². The van der Waals surface area contributed by atoms with E-state index in [0.717, 1.165) is 28.3 Å². The molecule has 0 saturated carbocycles. The van der Waals surface area contributed by atoms with E-state index in [1.54, 1.807) is 11.3 Å². The largest absolute Gasteiger partial charge is 0.273 e. The van der Waals surface area contributed by atoms with Gasteiger partial charge in [0, 0.05) is 22.7 Å². The van der Waals surface area contributed by atoms with Gasteiger partial charge in [-0.15, -0.1) is 17.9 Å². The van der Waals surface area contributed by atoms with E-state index >= 15 is 0 Å². The molecule has 3 heteroatoms. The van der Waals surface area contributed by atoms with Crippen LogP contribution in [0.3, 0.4) is 0 Å². The number of hydrogen-bond acceptors (Lipinski definition) is 3. The van der Waals surface area contributed by atoms with Crippen LogP contribution in [0.1, 0.15) is 28.6 Å². The van der Waals surface area contributed by atoms with Gasteiger partial charge in [-0.05, 0) is 6.42 Å². The summed E-state index contributed by atoms with van der Waals surface area (Å²) in [5.74, 6) is 0. The van der Waals surface area contributed by atoms with Crippen molar-refractivity contribution >= 4 is 17.0 Å². The molecular formula is C20H18N2S. The number of thiazole rings is 1. The summed E-state index contributed by atoms with van der Waals surface area (Å²) in [7, 11) is 0. The van der Waals surface area contributed by atoms with Crippen molar-refractivity contribution in [2.24, 2.45) is 4.99 Å². The molecule has 3 rings (SSSR count). The summed E-state index contributed by atoms with van der Waals surface area (Å²) in [5.41, 5.74) is 3.22. The lowest BCUT2D eigenvalue weighted by atomic mass is 10.0. The Bertz CT molecular complexity index is 720. The number of hydrogen-bond donors (Lipinski definition) is 0. The maximum absolute atomic E-state index is 5.04. The monoisotopic (exact) mass is 318 g/mol. The third-order valence-electron chi connectivity index (χ3n) is 3.51. The highest BCUT2D eigenvalue weighted by atomic mass is 32.1. The number of nitrogens with zero attached hydrogens (tertiary/aromatic N) is 2. The maximum atomic E-state index is 5.04. The third-order valence-corrected chi connectivity index (χ3v) is 4.38. The average molecular weight is 318 g/mol. The van der Waals surface area contributed by atoms with Gasteiger partial charge >= 0.3 is 0 Å². The number of benzene rings is 2. The summed E-state index contributed by atoms with van der Waals surface area (Å²) in [5, 5.41) is 3.01. The van der Waals surface area contributed by atoms with Crippen LogP contribution in [0.4, 0.5) is 0 Å². The van der Waals surface area contributed by atoms with Crippen molar-refractivity contribution in [2.75, 3.05) is 0 Å². The molecule has 0 aliphatic heterocycles. The Morgan fingerprint density at radius 2 is 1.65 bits per heavy atom. The Labute approximate surface area is 140 Å². The first kappa shape index (κ1) is 15.4. The molecule has 0 aliphatic rings. The van der Waals surface area contributed by atoms with Gasteiger partial charge in [-0.2, -0.15) is 0 Å². The van der Waals surface area contributed by atoms with Crippen LogP contribution in [0.25, 0.3) is 0 Å². The Balaban J connectivity index is 2.08. The normalized spacial score (nSPS) is 11.7. The molecule has 0 aliphatic carbocycles. The molecule has 0 N–H and O–H groups in total. The van der Waals surface area contributed by atoms with E-state index in [1.807, 2.05) is 54.1 Å². The van der Waals surface area contributed by atoms with Crippen LogP contribution in [0, 0.1) is 0 Å². The maximum Gasteiger partial charge on any atom is 0.117 e. The van der Waals surface area contributed by atoms with Crippen molar-refractivity contribution in [1.29, 1.82) is 0 Å². The van der Waals surface area contributed by atoms with Crippen LogP contribution in [-0.2, 0) is 0 Å². The summed E-state index contributed by atoms with van der Waals surface area (Å²) in [6.07, 6.45) is 4.51. The minimum atomic E-state index is 0.00270. The molecule has 0 amide bonds. The summed E-state index contributed by atoms with van der Waals surface area (Å²) in [6.45, 7) is 3.87. The molecule has 0 saturated heterocycles. The van der Waals surface area contributed by atoms with E-state index < -0.39 is 0 Å². The average Bonchev–Trinajstić information content (AvgIpc) is 3.15. The Kier molecular flexibility index (Phi) is 5.12. The Morgan fingerprint density at radius 1 is 1.04 bits per heavy atom. The van der Waals surface area contributed by atoms with Gasteiger partial charge in [0.2, 0.25) is 0 Å². The fourth-order valence-corrected chi connectivity index (χ4v) is 3.12. The first-order chi connectivity index (χ1) is 11.4. The zero-order valence-electron chi connectivity index (χ0n) is 12.8. The topological polar surface area (TPSA) is 25.2 Å². The molecule has 1 heterocycles. The van der Waals surface area contributed by atoms with Gasteiger partial charge < -0.3 is 0 Å². The molecule has 0 unspecified atom stereocenters. The van der Waals surface area contributed by atoms with Crippen LogP contribution in [0.15, 0.2) is 89.9 Å². The standard InChI is InChI=1S/C20H18N2S/c1-2-9-18(20-21-14-15-23-20)22-19(16-10-5-3-6-11-16)17-12-7-4-8-13-17/h2-8,10-15,18H,1,9H2/t18-/m0/s1. The van der Waals surface area contributed by atoms with Crippen molar-refractivity contribution in [3.63, 3.8) is 0 Å². The van der Waals surface area contributed by atoms with Gasteiger partial charge in [0.15, 0.2) is 0 Å². The first-order valence-corrected chi connectivity index (χ1v) is 8.45.